The van der Waals surface area contributed by atoms with Gasteiger partial charge in [0.05, 0.1) is 24.9 Å². The quantitative estimate of drug-likeness (QED) is 0.582. The summed E-state index contributed by atoms with van der Waals surface area (Å²) in [7, 11) is 0. The number of hydrogen-bond acceptors (Lipinski definition) is 3. The maximum atomic E-state index is 14.0. The lowest BCUT2D eigenvalue weighted by Crippen LogP contribution is -2.36. The SMILES string of the molecule is CC(C)Oc1c(F)c(F)c(C=CCN2CCOCC2)c(F)c1F.Cl. The zero-order valence-electron chi connectivity index (χ0n) is 13.5. The van der Waals surface area contributed by atoms with Crippen molar-refractivity contribution in [3.63, 3.8) is 0 Å². The summed E-state index contributed by atoms with van der Waals surface area (Å²) >= 11 is 0. The fourth-order valence-electron chi connectivity index (χ4n) is 2.22. The highest BCUT2D eigenvalue weighted by molar-refractivity contribution is 5.85. The van der Waals surface area contributed by atoms with Crippen LogP contribution in [0.5, 0.6) is 5.75 Å². The fourth-order valence-corrected chi connectivity index (χ4v) is 2.22. The number of halogens is 5. The molecule has 0 aliphatic carbocycles. The molecule has 1 fully saturated rings. The summed E-state index contributed by atoms with van der Waals surface area (Å²) in [6.45, 7) is 5.98. The summed E-state index contributed by atoms with van der Waals surface area (Å²) in [4.78, 5) is 2.00. The highest BCUT2D eigenvalue weighted by atomic mass is 35.5. The zero-order chi connectivity index (χ0) is 17.0. The van der Waals surface area contributed by atoms with Crippen LogP contribution in [0.1, 0.15) is 19.4 Å². The van der Waals surface area contributed by atoms with Crippen LogP contribution in [0.15, 0.2) is 6.08 Å². The predicted octanol–water partition coefficient (Wildman–Crippen LogP) is 3.80. The van der Waals surface area contributed by atoms with E-state index >= 15 is 0 Å². The van der Waals surface area contributed by atoms with E-state index in [-0.39, 0.29) is 12.4 Å². The van der Waals surface area contributed by atoms with Crippen LogP contribution in [0.4, 0.5) is 17.6 Å². The van der Waals surface area contributed by atoms with E-state index < -0.39 is 40.7 Å². The smallest absolute Gasteiger partial charge is 0.204 e. The molecule has 136 valence electrons. The van der Waals surface area contributed by atoms with Gasteiger partial charge in [0.1, 0.15) is 0 Å². The first kappa shape index (κ1) is 20.7. The van der Waals surface area contributed by atoms with Crippen LogP contribution in [-0.2, 0) is 4.74 Å². The zero-order valence-corrected chi connectivity index (χ0v) is 14.3. The van der Waals surface area contributed by atoms with Gasteiger partial charge in [-0.05, 0) is 13.8 Å². The largest absolute Gasteiger partial charge is 0.485 e. The lowest BCUT2D eigenvalue weighted by Gasteiger charge is -2.25. The van der Waals surface area contributed by atoms with Gasteiger partial charge in [-0.25, -0.2) is 8.78 Å². The minimum absolute atomic E-state index is 0. The van der Waals surface area contributed by atoms with Crippen LogP contribution in [-0.4, -0.2) is 43.9 Å². The van der Waals surface area contributed by atoms with Gasteiger partial charge in [-0.1, -0.05) is 12.2 Å². The first-order valence-electron chi connectivity index (χ1n) is 7.41. The Kier molecular flexibility index (Phi) is 7.99. The van der Waals surface area contributed by atoms with Gasteiger partial charge in [-0.3, -0.25) is 4.90 Å². The van der Waals surface area contributed by atoms with E-state index in [0.29, 0.717) is 32.8 Å². The summed E-state index contributed by atoms with van der Waals surface area (Å²) < 4.78 is 65.7. The van der Waals surface area contributed by atoms with Crippen LogP contribution in [0.25, 0.3) is 6.08 Å². The Balaban J connectivity index is 0.00000288. The Morgan fingerprint density at radius 2 is 1.58 bits per heavy atom. The Morgan fingerprint density at radius 3 is 2.08 bits per heavy atom. The van der Waals surface area contributed by atoms with E-state index in [0.717, 1.165) is 6.08 Å². The lowest BCUT2D eigenvalue weighted by atomic mass is 10.1. The lowest BCUT2D eigenvalue weighted by molar-refractivity contribution is 0.0435. The average Bonchev–Trinajstić information content (AvgIpc) is 2.54. The Morgan fingerprint density at radius 1 is 1.04 bits per heavy atom. The monoisotopic (exact) mass is 369 g/mol. The molecule has 24 heavy (non-hydrogen) atoms. The standard InChI is InChI=1S/C16H19F4NO2.ClH/c1-10(2)23-16-14(19)12(17)11(13(18)15(16)20)4-3-5-21-6-8-22-9-7-21;/h3-4,10H,5-9H2,1-2H3;1H. The van der Waals surface area contributed by atoms with Crippen molar-refractivity contribution in [2.75, 3.05) is 32.8 Å². The van der Waals surface area contributed by atoms with Crippen molar-refractivity contribution < 1.29 is 27.0 Å². The number of nitrogens with zero attached hydrogens (tertiary/aromatic N) is 1. The number of rotatable bonds is 5. The average molecular weight is 370 g/mol. The van der Waals surface area contributed by atoms with Gasteiger partial charge in [0.2, 0.25) is 11.6 Å². The molecule has 1 aliphatic heterocycles. The van der Waals surface area contributed by atoms with E-state index in [4.69, 9.17) is 9.47 Å². The first-order chi connectivity index (χ1) is 10.9. The summed E-state index contributed by atoms with van der Waals surface area (Å²) in [6, 6.07) is 0. The van der Waals surface area contributed by atoms with E-state index in [1.54, 1.807) is 0 Å². The van der Waals surface area contributed by atoms with Crippen molar-refractivity contribution in [1.82, 2.24) is 4.90 Å². The van der Waals surface area contributed by atoms with E-state index in [2.05, 4.69) is 0 Å². The molecule has 1 aromatic rings. The van der Waals surface area contributed by atoms with Gasteiger partial charge in [-0.15, -0.1) is 12.4 Å². The fraction of sp³-hybridized carbons (Fsp3) is 0.500. The summed E-state index contributed by atoms with van der Waals surface area (Å²) in [5, 5.41) is 0. The summed E-state index contributed by atoms with van der Waals surface area (Å²) in [5.41, 5.74) is -0.746. The molecule has 1 aliphatic rings. The molecule has 0 bridgehead atoms. The second-order valence-electron chi connectivity index (χ2n) is 5.48. The normalized spacial score (nSPS) is 15.8. The number of ether oxygens (including phenoxy) is 2. The molecule has 3 nitrogen and oxygen atoms in total. The molecule has 0 spiro atoms. The molecule has 0 aromatic heterocycles. The topological polar surface area (TPSA) is 21.7 Å². The molecule has 0 N–H and O–H groups in total. The minimum Gasteiger partial charge on any atom is -0.485 e. The van der Waals surface area contributed by atoms with Crippen LogP contribution in [0.2, 0.25) is 0 Å². The third-order valence-corrected chi connectivity index (χ3v) is 3.36. The molecular weight excluding hydrogens is 350 g/mol. The van der Waals surface area contributed by atoms with Crippen LogP contribution in [0.3, 0.4) is 0 Å². The maximum absolute atomic E-state index is 14.0. The third-order valence-electron chi connectivity index (χ3n) is 3.36. The van der Waals surface area contributed by atoms with Gasteiger partial charge < -0.3 is 9.47 Å². The van der Waals surface area contributed by atoms with Crippen molar-refractivity contribution in [3.05, 3.63) is 34.9 Å². The van der Waals surface area contributed by atoms with Crippen molar-refractivity contribution in [3.8, 4) is 5.75 Å². The first-order valence-corrected chi connectivity index (χ1v) is 7.41. The molecule has 0 amide bonds. The third kappa shape index (κ3) is 4.84. The maximum Gasteiger partial charge on any atom is 0.204 e. The van der Waals surface area contributed by atoms with Crippen LogP contribution >= 0.6 is 12.4 Å². The molecule has 8 heteroatoms. The second-order valence-corrected chi connectivity index (χ2v) is 5.48. The Bertz CT molecular complexity index is 561. The molecular formula is C16H20ClF4NO2. The van der Waals surface area contributed by atoms with Gasteiger partial charge in [-0.2, -0.15) is 8.78 Å². The highest BCUT2D eigenvalue weighted by Gasteiger charge is 2.26. The van der Waals surface area contributed by atoms with E-state index in [1.165, 1.54) is 19.9 Å². The number of benzene rings is 1. The summed E-state index contributed by atoms with van der Waals surface area (Å²) in [6.07, 6.45) is 1.90. The van der Waals surface area contributed by atoms with Gasteiger partial charge in [0.25, 0.3) is 0 Å². The van der Waals surface area contributed by atoms with Crippen molar-refractivity contribution in [1.29, 1.82) is 0 Å². The van der Waals surface area contributed by atoms with Crippen LogP contribution < -0.4 is 4.74 Å². The molecule has 1 heterocycles. The molecule has 1 aromatic carbocycles. The molecule has 0 saturated carbocycles. The van der Waals surface area contributed by atoms with E-state index in [9.17, 15) is 17.6 Å². The minimum atomic E-state index is -1.52. The van der Waals surface area contributed by atoms with Crippen molar-refractivity contribution >= 4 is 18.5 Å². The molecule has 2 rings (SSSR count). The Labute approximate surface area is 144 Å². The van der Waals surface area contributed by atoms with E-state index in [1.807, 2.05) is 4.90 Å². The summed E-state index contributed by atoms with van der Waals surface area (Å²) in [5.74, 6) is -7.00. The Hall–Kier alpha value is -1.31. The van der Waals surface area contributed by atoms with Crippen LogP contribution in [0, 0.1) is 23.3 Å². The van der Waals surface area contributed by atoms with Gasteiger partial charge in [0, 0.05) is 19.6 Å². The molecule has 0 radical (unpaired) electrons. The molecule has 0 atom stereocenters. The molecule has 0 unspecified atom stereocenters. The van der Waals surface area contributed by atoms with Crippen molar-refractivity contribution in [2.24, 2.45) is 0 Å². The van der Waals surface area contributed by atoms with Gasteiger partial charge >= 0.3 is 0 Å². The molecule has 1 saturated heterocycles. The number of hydrogen-bond donors (Lipinski definition) is 0. The highest BCUT2D eigenvalue weighted by Crippen LogP contribution is 2.31. The van der Waals surface area contributed by atoms with Crippen molar-refractivity contribution in [2.45, 2.75) is 20.0 Å². The number of morpholine rings is 1. The second kappa shape index (κ2) is 9.25. The predicted molar refractivity (Wildman–Crippen MR) is 85.6 cm³/mol. The van der Waals surface area contributed by atoms with Gasteiger partial charge in [0.15, 0.2) is 17.4 Å².